The van der Waals surface area contributed by atoms with Gasteiger partial charge >= 0.3 is 11.8 Å². The van der Waals surface area contributed by atoms with E-state index in [9.17, 15) is 39.5 Å². The van der Waals surface area contributed by atoms with Gasteiger partial charge in [-0.2, -0.15) is 0 Å². The van der Waals surface area contributed by atoms with Gasteiger partial charge < -0.3 is 42.6 Å². The molecule has 40 heavy (non-hydrogen) atoms. The van der Waals surface area contributed by atoms with Gasteiger partial charge in [-0.1, -0.05) is 0 Å². The zero-order valence-electron chi connectivity index (χ0n) is 21.9. The Morgan fingerprint density at radius 3 is 0.925 bits per heavy atom. The molecule has 0 atom stereocenters. The molecule has 0 bridgehead atoms. The monoisotopic (exact) mass is 616 g/mol. The molecule has 18 heteroatoms. The lowest BCUT2D eigenvalue weighted by Gasteiger charge is -2.55. The van der Waals surface area contributed by atoms with Crippen molar-refractivity contribution in [2.24, 2.45) is 0 Å². The van der Waals surface area contributed by atoms with Gasteiger partial charge in [-0.25, -0.2) is 39.5 Å². The molecule has 0 fully saturated rings. The van der Waals surface area contributed by atoms with E-state index in [0.29, 0.717) is 0 Å². The van der Waals surface area contributed by atoms with E-state index in [-0.39, 0.29) is 0 Å². The van der Waals surface area contributed by atoms with Crippen molar-refractivity contribution in [1.82, 2.24) is 0 Å². The Hall–Kier alpha value is -0.990. The molecular weight excluding hydrogens is 579 g/mol. The number of halogens is 9. The summed E-state index contributed by atoms with van der Waals surface area (Å²) in [6, 6.07) is 0. The van der Waals surface area contributed by atoms with Gasteiger partial charge in [-0.05, 0) is 0 Å². The van der Waals surface area contributed by atoms with Crippen LogP contribution < -0.4 is 0 Å². The minimum Gasteiger partial charge on any atom is -0.345 e. The van der Waals surface area contributed by atoms with Crippen LogP contribution in [0.25, 0.3) is 0 Å². The molecule has 0 aromatic heterocycles. The number of ether oxygens (including phenoxy) is 9. The van der Waals surface area contributed by atoms with Gasteiger partial charge in [-0.3, -0.25) is 0 Å². The first kappa shape index (κ1) is 39.0. The average molecular weight is 617 g/mol. The molecule has 0 aromatic rings. The Morgan fingerprint density at radius 1 is 0.350 bits per heavy atom. The summed E-state index contributed by atoms with van der Waals surface area (Å²) in [7, 11) is 0. The number of hydrogen-bond acceptors (Lipinski definition) is 9. The van der Waals surface area contributed by atoms with Crippen LogP contribution >= 0.6 is 0 Å². The molecule has 0 aromatic carbocycles. The zero-order valence-corrected chi connectivity index (χ0v) is 21.9. The molecule has 0 aliphatic rings. The molecule has 0 heterocycles. The standard InChI is InChI=1S/C22H37F9O9/c23-1-10-32-19(33-11-2-24)20(34-12-3-25,35-13-4-26)21(36-14-5-27,37-15-6-28)22(38-16-7-29,39-17-8-30)40-18-9-31/h19H,1-18H2. The molecule has 0 saturated carbocycles. The van der Waals surface area contributed by atoms with Gasteiger partial charge in [0.15, 0.2) is 0 Å². The molecule has 242 valence electrons. The highest BCUT2D eigenvalue weighted by atomic mass is 19.2. The fourth-order valence-corrected chi connectivity index (χ4v) is 3.40. The van der Waals surface area contributed by atoms with Crippen LogP contribution in [0.3, 0.4) is 0 Å². The van der Waals surface area contributed by atoms with Crippen molar-refractivity contribution in [3.63, 3.8) is 0 Å². The first-order valence-corrected chi connectivity index (χ1v) is 12.2. The van der Waals surface area contributed by atoms with E-state index < -0.39 is 143 Å². The van der Waals surface area contributed by atoms with Gasteiger partial charge in [0.25, 0.3) is 5.79 Å². The van der Waals surface area contributed by atoms with Crippen molar-refractivity contribution in [2.45, 2.75) is 23.8 Å². The topological polar surface area (TPSA) is 83.1 Å². The molecule has 0 rings (SSSR count). The minimum atomic E-state index is -3.42. The van der Waals surface area contributed by atoms with Gasteiger partial charge in [0.05, 0.1) is 59.5 Å². The average Bonchev–Trinajstić information content (AvgIpc) is 2.98. The number of rotatable bonds is 30. The SMILES string of the molecule is FCCOC(OCCF)C(OCCF)(OCCF)C(OCCF)(OCCF)C(OCCF)(OCCF)OCCF. The lowest BCUT2D eigenvalue weighted by molar-refractivity contribution is -0.571. The summed E-state index contributed by atoms with van der Waals surface area (Å²) in [5, 5.41) is 0. The Balaban J connectivity index is 7.87. The first-order valence-electron chi connectivity index (χ1n) is 12.2. The highest BCUT2D eigenvalue weighted by Gasteiger charge is 2.76. The molecule has 0 saturated heterocycles. The van der Waals surface area contributed by atoms with Gasteiger partial charge in [0.1, 0.15) is 60.1 Å². The number of hydrogen-bond donors (Lipinski definition) is 0. The van der Waals surface area contributed by atoms with E-state index in [2.05, 4.69) is 0 Å². The van der Waals surface area contributed by atoms with Crippen molar-refractivity contribution < 1.29 is 82.1 Å². The second-order valence-corrected chi connectivity index (χ2v) is 7.05. The van der Waals surface area contributed by atoms with Crippen LogP contribution in [0.4, 0.5) is 39.5 Å². The van der Waals surface area contributed by atoms with Crippen molar-refractivity contribution in [3.05, 3.63) is 0 Å². The van der Waals surface area contributed by atoms with E-state index in [1.54, 1.807) is 0 Å². The van der Waals surface area contributed by atoms with Gasteiger partial charge in [0.2, 0.25) is 6.29 Å². The van der Waals surface area contributed by atoms with E-state index in [0.717, 1.165) is 0 Å². The lowest BCUT2D eigenvalue weighted by atomic mass is 9.99. The summed E-state index contributed by atoms with van der Waals surface area (Å²) in [4.78, 5) is 0. The Morgan fingerprint density at radius 2 is 0.625 bits per heavy atom. The molecular formula is C22H37F9O9. The Bertz CT molecular complexity index is 542. The predicted molar refractivity (Wildman–Crippen MR) is 119 cm³/mol. The second kappa shape index (κ2) is 23.6. The van der Waals surface area contributed by atoms with Crippen molar-refractivity contribution in [2.75, 3.05) is 120 Å². The third-order valence-electron chi connectivity index (χ3n) is 4.52. The molecule has 9 nitrogen and oxygen atoms in total. The molecule has 0 spiro atoms. The minimum absolute atomic E-state index is 0.881. The quantitative estimate of drug-likeness (QED) is 0.0893. The maximum atomic E-state index is 13.6. The van der Waals surface area contributed by atoms with E-state index in [1.807, 2.05) is 0 Å². The summed E-state index contributed by atoms with van der Waals surface area (Å²) in [6.45, 7) is -21.0. The summed E-state index contributed by atoms with van der Waals surface area (Å²) < 4.78 is 169. The van der Waals surface area contributed by atoms with E-state index in [1.165, 1.54) is 0 Å². The van der Waals surface area contributed by atoms with Crippen LogP contribution in [0.15, 0.2) is 0 Å². The highest BCUT2D eigenvalue weighted by Crippen LogP contribution is 2.48. The molecule has 0 amide bonds. The van der Waals surface area contributed by atoms with E-state index in [4.69, 9.17) is 42.6 Å². The third-order valence-corrected chi connectivity index (χ3v) is 4.52. The Kier molecular flexibility index (Phi) is 23.0. The fourth-order valence-electron chi connectivity index (χ4n) is 3.40. The van der Waals surface area contributed by atoms with Crippen LogP contribution in [0.1, 0.15) is 0 Å². The largest absolute Gasteiger partial charge is 0.347 e. The van der Waals surface area contributed by atoms with Crippen molar-refractivity contribution in [3.8, 4) is 0 Å². The normalized spacial score (nSPS) is 13.1. The fraction of sp³-hybridized carbons (Fsp3) is 1.00. The molecule has 0 aliphatic carbocycles. The first-order chi connectivity index (χ1) is 19.4. The van der Waals surface area contributed by atoms with Crippen LogP contribution in [-0.2, 0) is 42.6 Å². The van der Waals surface area contributed by atoms with Gasteiger partial charge in [0, 0.05) is 0 Å². The van der Waals surface area contributed by atoms with Crippen LogP contribution in [-0.4, -0.2) is 143 Å². The Labute approximate surface area is 226 Å². The maximum Gasteiger partial charge on any atom is 0.347 e. The van der Waals surface area contributed by atoms with Crippen LogP contribution in [0, 0.1) is 0 Å². The second-order valence-electron chi connectivity index (χ2n) is 7.05. The van der Waals surface area contributed by atoms with Crippen molar-refractivity contribution >= 4 is 0 Å². The van der Waals surface area contributed by atoms with Crippen molar-refractivity contribution in [1.29, 1.82) is 0 Å². The third kappa shape index (κ3) is 11.0. The molecule has 0 unspecified atom stereocenters. The van der Waals surface area contributed by atoms with Crippen LogP contribution in [0.5, 0.6) is 0 Å². The lowest BCUT2D eigenvalue weighted by Crippen LogP contribution is -2.79. The predicted octanol–water partition coefficient (Wildman–Crippen LogP) is 3.23. The highest BCUT2D eigenvalue weighted by molar-refractivity contribution is 5.01. The number of alkyl halides is 9. The van der Waals surface area contributed by atoms with Crippen LogP contribution in [0.2, 0.25) is 0 Å². The summed E-state index contributed by atoms with van der Waals surface area (Å²) in [5.74, 6) is -9.99. The van der Waals surface area contributed by atoms with Gasteiger partial charge in [-0.15, -0.1) is 0 Å². The van der Waals surface area contributed by atoms with E-state index >= 15 is 0 Å². The summed E-state index contributed by atoms with van der Waals surface area (Å²) >= 11 is 0. The maximum absolute atomic E-state index is 13.6. The summed E-state index contributed by atoms with van der Waals surface area (Å²) in [5.41, 5.74) is 0. The molecule has 0 radical (unpaired) electrons. The smallest absolute Gasteiger partial charge is 0.345 e. The molecule has 0 aliphatic heterocycles. The molecule has 0 N–H and O–H groups in total. The summed E-state index contributed by atoms with van der Waals surface area (Å²) in [6.07, 6.45) is -2.35. The zero-order chi connectivity index (χ0) is 30.2.